The average Bonchev–Trinajstić information content (AvgIpc) is 2.33. The maximum atomic E-state index is 6.29. The van der Waals surface area contributed by atoms with E-state index in [1.165, 1.54) is 0 Å². The second-order valence-corrected chi connectivity index (χ2v) is 7.26. The molecule has 0 saturated carbocycles. The molecular weight excluding hydrogens is 303 g/mol. The van der Waals surface area contributed by atoms with Crippen LogP contribution < -0.4 is 10.2 Å². The van der Waals surface area contributed by atoms with Gasteiger partial charge in [0.05, 0.1) is 20.8 Å². The summed E-state index contributed by atoms with van der Waals surface area (Å²) >= 11 is 18.4. The zero-order valence-electron chi connectivity index (χ0n) is 11.4. The van der Waals surface area contributed by atoms with Gasteiger partial charge in [-0.1, -0.05) is 55.6 Å². The zero-order chi connectivity index (χ0) is 14.2. The Morgan fingerprint density at radius 1 is 1.11 bits per heavy atom. The Labute approximate surface area is 130 Å². The van der Waals surface area contributed by atoms with Crippen LogP contribution in [0.25, 0.3) is 0 Å². The maximum absolute atomic E-state index is 6.29. The highest BCUT2D eigenvalue weighted by molar-refractivity contribution is 6.44. The normalized spacial score (nSPS) is 20.7. The van der Waals surface area contributed by atoms with Crippen molar-refractivity contribution in [1.82, 2.24) is 5.32 Å². The van der Waals surface area contributed by atoms with Crippen LogP contribution in [0, 0.1) is 5.41 Å². The van der Waals surface area contributed by atoms with Crippen LogP contribution in [0.4, 0.5) is 5.69 Å². The molecule has 1 fully saturated rings. The van der Waals surface area contributed by atoms with E-state index in [9.17, 15) is 0 Å². The van der Waals surface area contributed by atoms with Crippen molar-refractivity contribution in [2.75, 3.05) is 24.5 Å². The van der Waals surface area contributed by atoms with Gasteiger partial charge in [0.2, 0.25) is 0 Å². The number of hydrogen-bond acceptors (Lipinski definition) is 2. The molecule has 0 radical (unpaired) electrons. The van der Waals surface area contributed by atoms with E-state index < -0.39 is 0 Å². The molecule has 2 nitrogen and oxygen atoms in total. The van der Waals surface area contributed by atoms with Crippen LogP contribution in [0.3, 0.4) is 0 Å². The van der Waals surface area contributed by atoms with Crippen molar-refractivity contribution < 1.29 is 0 Å². The largest absolute Gasteiger partial charge is 0.367 e. The Balaban J connectivity index is 2.25. The van der Waals surface area contributed by atoms with Crippen LogP contribution in [0.5, 0.6) is 0 Å². The molecule has 1 N–H and O–H groups in total. The molecule has 5 heteroatoms. The van der Waals surface area contributed by atoms with Gasteiger partial charge >= 0.3 is 0 Å². The van der Waals surface area contributed by atoms with E-state index in [2.05, 4.69) is 31.0 Å². The first-order valence-corrected chi connectivity index (χ1v) is 7.55. The predicted octanol–water partition coefficient (Wildman–Crippen LogP) is 4.47. The third-order valence-corrected chi connectivity index (χ3v) is 4.58. The van der Waals surface area contributed by atoms with Crippen molar-refractivity contribution in [2.45, 2.75) is 26.8 Å². The Bertz CT molecular complexity index is 468. The fraction of sp³-hybridized carbons (Fsp3) is 0.571. The van der Waals surface area contributed by atoms with Crippen molar-refractivity contribution >= 4 is 40.5 Å². The average molecular weight is 322 g/mol. The number of hydrogen-bond donors (Lipinski definition) is 1. The van der Waals surface area contributed by atoms with Gasteiger partial charge < -0.3 is 10.2 Å². The molecule has 1 aromatic carbocycles. The lowest BCUT2D eigenvalue weighted by atomic mass is 9.85. The van der Waals surface area contributed by atoms with Gasteiger partial charge in [0.1, 0.15) is 0 Å². The third-order valence-electron chi connectivity index (χ3n) is 3.55. The predicted molar refractivity (Wildman–Crippen MR) is 84.9 cm³/mol. The number of rotatable bonds is 1. The highest BCUT2D eigenvalue weighted by Gasteiger charge is 2.30. The Morgan fingerprint density at radius 3 is 2.37 bits per heavy atom. The molecule has 1 aliphatic rings. The summed E-state index contributed by atoms with van der Waals surface area (Å²) in [4.78, 5) is 2.27. The van der Waals surface area contributed by atoms with E-state index in [-0.39, 0.29) is 5.41 Å². The second-order valence-electron chi connectivity index (χ2n) is 6.04. The van der Waals surface area contributed by atoms with Gasteiger partial charge in [-0.3, -0.25) is 0 Å². The lowest BCUT2D eigenvalue weighted by molar-refractivity contribution is 0.254. The number of halogens is 3. The van der Waals surface area contributed by atoms with Gasteiger partial charge in [0, 0.05) is 25.7 Å². The van der Waals surface area contributed by atoms with E-state index in [4.69, 9.17) is 34.8 Å². The molecule has 1 heterocycles. The summed E-state index contributed by atoms with van der Waals surface area (Å²) in [7, 11) is 0. The number of nitrogens with zero attached hydrogens (tertiary/aromatic N) is 1. The molecule has 0 spiro atoms. The van der Waals surface area contributed by atoms with Crippen molar-refractivity contribution in [3.05, 3.63) is 27.2 Å². The quantitative estimate of drug-likeness (QED) is 0.768. The first kappa shape index (κ1) is 15.2. The van der Waals surface area contributed by atoms with Crippen molar-refractivity contribution in [1.29, 1.82) is 0 Å². The van der Waals surface area contributed by atoms with Crippen LogP contribution >= 0.6 is 34.8 Å². The highest BCUT2D eigenvalue weighted by Crippen LogP contribution is 2.35. The molecule has 0 aliphatic carbocycles. The van der Waals surface area contributed by atoms with Gasteiger partial charge in [0.15, 0.2) is 0 Å². The zero-order valence-corrected chi connectivity index (χ0v) is 13.7. The van der Waals surface area contributed by atoms with Crippen LogP contribution in [0.1, 0.15) is 20.8 Å². The summed E-state index contributed by atoms with van der Waals surface area (Å²) in [5.74, 6) is 0. The van der Waals surface area contributed by atoms with E-state index in [1.54, 1.807) is 6.07 Å². The molecule has 106 valence electrons. The fourth-order valence-corrected chi connectivity index (χ4v) is 2.96. The van der Waals surface area contributed by atoms with Crippen LogP contribution in [-0.2, 0) is 0 Å². The van der Waals surface area contributed by atoms with E-state index in [0.29, 0.717) is 21.1 Å². The molecule has 0 bridgehead atoms. The second kappa shape index (κ2) is 5.69. The molecule has 1 aromatic rings. The molecule has 19 heavy (non-hydrogen) atoms. The monoisotopic (exact) mass is 320 g/mol. The van der Waals surface area contributed by atoms with Gasteiger partial charge in [-0.2, -0.15) is 0 Å². The standard InChI is InChI=1S/C14H19Cl3N2/c1-14(2,3)13-8-19(5-4-18-13)12-7-10(16)9(15)6-11(12)17/h6-7,13,18H,4-5,8H2,1-3H3. The molecule has 1 unspecified atom stereocenters. The van der Waals surface area contributed by atoms with Gasteiger partial charge in [-0.25, -0.2) is 0 Å². The summed E-state index contributed by atoms with van der Waals surface area (Å²) in [6.45, 7) is 9.50. The SMILES string of the molecule is CC(C)(C)C1CN(c2cc(Cl)c(Cl)cc2Cl)CCN1. The summed E-state index contributed by atoms with van der Waals surface area (Å²) in [6.07, 6.45) is 0. The van der Waals surface area contributed by atoms with Crippen molar-refractivity contribution in [3.8, 4) is 0 Å². The minimum Gasteiger partial charge on any atom is -0.367 e. The summed E-state index contributed by atoms with van der Waals surface area (Å²) in [5, 5.41) is 5.26. The van der Waals surface area contributed by atoms with Crippen LogP contribution in [0.15, 0.2) is 12.1 Å². The fourth-order valence-electron chi connectivity index (χ4n) is 2.30. The first-order chi connectivity index (χ1) is 8.79. The van der Waals surface area contributed by atoms with Crippen molar-refractivity contribution in [2.24, 2.45) is 5.41 Å². The molecule has 2 rings (SSSR count). The van der Waals surface area contributed by atoms with Gasteiger partial charge in [0.25, 0.3) is 0 Å². The van der Waals surface area contributed by atoms with E-state index >= 15 is 0 Å². The molecule has 0 aromatic heterocycles. The van der Waals surface area contributed by atoms with Crippen LogP contribution in [0.2, 0.25) is 15.1 Å². The first-order valence-electron chi connectivity index (χ1n) is 6.42. The maximum Gasteiger partial charge on any atom is 0.0655 e. The molecule has 1 atom stereocenters. The Morgan fingerprint density at radius 2 is 1.74 bits per heavy atom. The minimum absolute atomic E-state index is 0.210. The summed E-state index contributed by atoms with van der Waals surface area (Å²) in [6, 6.07) is 4.00. The Kier molecular flexibility index (Phi) is 4.56. The topological polar surface area (TPSA) is 15.3 Å². The minimum atomic E-state index is 0.210. The van der Waals surface area contributed by atoms with Crippen molar-refractivity contribution in [3.63, 3.8) is 0 Å². The van der Waals surface area contributed by atoms with Gasteiger partial charge in [-0.15, -0.1) is 0 Å². The molecule has 1 aliphatic heterocycles. The molecule has 1 saturated heterocycles. The molecule has 0 amide bonds. The smallest absolute Gasteiger partial charge is 0.0655 e. The van der Waals surface area contributed by atoms with Crippen LogP contribution in [-0.4, -0.2) is 25.7 Å². The Hall–Kier alpha value is -0.150. The van der Waals surface area contributed by atoms with E-state index in [0.717, 1.165) is 25.3 Å². The summed E-state index contributed by atoms with van der Waals surface area (Å²) in [5.41, 5.74) is 1.17. The number of benzene rings is 1. The molecular formula is C14H19Cl3N2. The number of nitrogens with one attached hydrogen (secondary N) is 1. The van der Waals surface area contributed by atoms with E-state index in [1.807, 2.05) is 6.07 Å². The highest BCUT2D eigenvalue weighted by atomic mass is 35.5. The summed E-state index contributed by atoms with van der Waals surface area (Å²) < 4.78 is 0. The number of piperazine rings is 1. The number of anilines is 1. The third kappa shape index (κ3) is 3.49. The van der Waals surface area contributed by atoms with Gasteiger partial charge in [-0.05, 0) is 17.5 Å². The lowest BCUT2D eigenvalue weighted by Gasteiger charge is -2.41. The lowest BCUT2D eigenvalue weighted by Crippen LogP contribution is -2.56.